The first-order valence-electron chi connectivity index (χ1n) is 8.17. The minimum Gasteiger partial charge on any atom is -0.291 e. The SMILES string of the molecule is CSc1ccc(C2N(c3ccc(F)cc3)C(=O)C3CCCN32)cc1. The van der Waals surface area contributed by atoms with Crippen LogP contribution in [0.4, 0.5) is 10.1 Å². The van der Waals surface area contributed by atoms with Gasteiger partial charge in [0, 0.05) is 17.1 Å². The van der Waals surface area contributed by atoms with E-state index >= 15 is 0 Å². The van der Waals surface area contributed by atoms with E-state index in [-0.39, 0.29) is 23.9 Å². The number of amides is 1. The first-order valence-corrected chi connectivity index (χ1v) is 9.40. The Morgan fingerprint density at radius 2 is 1.79 bits per heavy atom. The lowest BCUT2D eigenvalue weighted by Crippen LogP contribution is -2.32. The molecule has 2 heterocycles. The molecular weight excluding hydrogens is 323 g/mol. The van der Waals surface area contributed by atoms with Gasteiger partial charge < -0.3 is 0 Å². The molecule has 2 saturated heterocycles. The molecule has 0 saturated carbocycles. The number of hydrogen-bond donors (Lipinski definition) is 0. The molecular formula is C19H19FN2OS. The van der Waals surface area contributed by atoms with Crippen molar-refractivity contribution in [3.05, 3.63) is 59.9 Å². The molecule has 24 heavy (non-hydrogen) atoms. The van der Waals surface area contributed by atoms with E-state index in [1.54, 1.807) is 23.9 Å². The van der Waals surface area contributed by atoms with Crippen molar-refractivity contribution >= 4 is 23.4 Å². The predicted molar refractivity (Wildman–Crippen MR) is 94.6 cm³/mol. The number of rotatable bonds is 3. The average molecular weight is 342 g/mol. The van der Waals surface area contributed by atoms with Gasteiger partial charge in [0.1, 0.15) is 12.0 Å². The van der Waals surface area contributed by atoms with E-state index in [4.69, 9.17) is 0 Å². The van der Waals surface area contributed by atoms with Gasteiger partial charge in [0.05, 0.1) is 6.04 Å². The number of halogens is 1. The highest BCUT2D eigenvalue weighted by Crippen LogP contribution is 2.42. The van der Waals surface area contributed by atoms with Crippen LogP contribution in [0.25, 0.3) is 0 Å². The number of nitrogens with zero attached hydrogens (tertiary/aromatic N) is 2. The molecule has 124 valence electrons. The van der Waals surface area contributed by atoms with Gasteiger partial charge in [-0.2, -0.15) is 0 Å². The van der Waals surface area contributed by atoms with Crippen LogP contribution in [0.5, 0.6) is 0 Å². The van der Waals surface area contributed by atoms with Crippen molar-refractivity contribution in [3.63, 3.8) is 0 Å². The van der Waals surface area contributed by atoms with Gasteiger partial charge >= 0.3 is 0 Å². The summed E-state index contributed by atoms with van der Waals surface area (Å²) in [5, 5.41) is 0. The van der Waals surface area contributed by atoms with Crippen molar-refractivity contribution in [2.75, 3.05) is 17.7 Å². The second kappa shape index (κ2) is 6.22. The Bertz CT molecular complexity index is 747. The fourth-order valence-electron chi connectivity index (χ4n) is 3.76. The van der Waals surface area contributed by atoms with Crippen LogP contribution in [0.3, 0.4) is 0 Å². The Labute approximate surface area is 145 Å². The maximum Gasteiger partial charge on any atom is 0.246 e. The normalized spacial score (nSPS) is 23.8. The zero-order chi connectivity index (χ0) is 16.7. The number of benzene rings is 2. The zero-order valence-corrected chi connectivity index (χ0v) is 14.3. The lowest BCUT2D eigenvalue weighted by Gasteiger charge is -2.30. The second-order valence-corrected chi connectivity index (χ2v) is 7.11. The fraction of sp³-hybridized carbons (Fsp3) is 0.316. The van der Waals surface area contributed by atoms with E-state index in [2.05, 4.69) is 35.4 Å². The lowest BCUT2D eigenvalue weighted by molar-refractivity contribution is -0.119. The van der Waals surface area contributed by atoms with Gasteiger partial charge in [-0.1, -0.05) is 12.1 Å². The molecule has 0 spiro atoms. The third-order valence-electron chi connectivity index (χ3n) is 4.89. The van der Waals surface area contributed by atoms with Gasteiger partial charge in [-0.05, 0) is 61.1 Å². The number of carbonyl (C=O) groups excluding carboxylic acids is 1. The van der Waals surface area contributed by atoms with Gasteiger partial charge in [0.2, 0.25) is 5.91 Å². The standard InChI is InChI=1S/C19H19FN2OS/c1-24-16-10-4-13(5-11-16)18-21-12-2-3-17(21)19(23)22(18)15-8-6-14(20)7-9-15/h4-11,17-18H,2-3,12H2,1H3. The highest BCUT2D eigenvalue weighted by Gasteiger charge is 2.49. The van der Waals surface area contributed by atoms with Gasteiger partial charge in [-0.15, -0.1) is 11.8 Å². The summed E-state index contributed by atoms with van der Waals surface area (Å²) in [5.41, 5.74) is 1.87. The van der Waals surface area contributed by atoms with E-state index in [0.717, 1.165) is 30.6 Å². The minimum atomic E-state index is -0.285. The van der Waals surface area contributed by atoms with Crippen LogP contribution in [-0.4, -0.2) is 29.6 Å². The van der Waals surface area contributed by atoms with Gasteiger partial charge in [0.15, 0.2) is 0 Å². The van der Waals surface area contributed by atoms with Crippen molar-refractivity contribution in [3.8, 4) is 0 Å². The topological polar surface area (TPSA) is 23.6 Å². The zero-order valence-electron chi connectivity index (χ0n) is 13.5. The van der Waals surface area contributed by atoms with E-state index < -0.39 is 0 Å². The van der Waals surface area contributed by atoms with Crippen LogP contribution in [-0.2, 0) is 4.79 Å². The van der Waals surface area contributed by atoms with E-state index in [1.165, 1.54) is 17.0 Å². The predicted octanol–water partition coefficient (Wildman–Crippen LogP) is 4.06. The molecule has 2 aliphatic heterocycles. The number of anilines is 1. The highest BCUT2D eigenvalue weighted by atomic mass is 32.2. The Morgan fingerprint density at radius 3 is 2.46 bits per heavy atom. The van der Waals surface area contributed by atoms with Crippen molar-refractivity contribution in [1.29, 1.82) is 0 Å². The molecule has 0 aromatic heterocycles. The summed E-state index contributed by atoms with van der Waals surface area (Å²) in [6.07, 6.45) is 3.89. The molecule has 2 atom stereocenters. The van der Waals surface area contributed by atoms with Gasteiger partial charge in [-0.25, -0.2) is 4.39 Å². The maximum atomic E-state index is 13.3. The molecule has 2 unspecified atom stereocenters. The number of fused-ring (bicyclic) bond motifs is 1. The number of carbonyl (C=O) groups is 1. The third-order valence-corrected chi connectivity index (χ3v) is 5.64. The van der Waals surface area contributed by atoms with Crippen LogP contribution in [0.2, 0.25) is 0 Å². The molecule has 0 bridgehead atoms. The Morgan fingerprint density at radius 1 is 1.08 bits per heavy atom. The molecule has 2 aromatic rings. The van der Waals surface area contributed by atoms with Crippen molar-refractivity contribution in [2.24, 2.45) is 0 Å². The van der Waals surface area contributed by atoms with Crippen LogP contribution in [0.15, 0.2) is 53.4 Å². The first kappa shape index (κ1) is 15.7. The summed E-state index contributed by atoms with van der Waals surface area (Å²) in [5.74, 6) is -0.162. The van der Waals surface area contributed by atoms with E-state index in [9.17, 15) is 9.18 Å². The fourth-order valence-corrected chi connectivity index (χ4v) is 4.17. The van der Waals surface area contributed by atoms with Crippen LogP contribution < -0.4 is 4.90 Å². The molecule has 0 aliphatic carbocycles. The largest absolute Gasteiger partial charge is 0.291 e. The molecule has 0 radical (unpaired) electrons. The Balaban J connectivity index is 1.76. The monoisotopic (exact) mass is 342 g/mol. The highest BCUT2D eigenvalue weighted by molar-refractivity contribution is 7.98. The quantitative estimate of drug-likeness (QED) is 0.786. The molecule has 2 aliphatic rings. The Hall–Kier alpha value is -1.85. The van der Waals surface area contributed by atoms with Crippen LogP contribution >= 0.6 is 11.8 Å². The summed E-state index contributed by atoms with van der Waals surface area (Å²) in [6.45, 7) is 0.920. The van der Waals surface area contributed by atoms with Crippen molar-refractivity contribution < 1.29 is 9.18 Å². The van der Waals surface area contributed by atoms with Crippen molar-refractivity contribution in [2.45, 2.75) is 29.9 Å². The Kier molecular flexibility index (Phi) is 4.06. The number of thioether (sulfide) groups is 1. The van der Waals surface area contributed by atoms with Gasteiger partial charge in [0.25, 0.3) is 0 Å². The smallest absolute Gasteiger partial charge is 0.246 e. The van der Waals surface area contributed by atoms with Crippen molar-refractivity contribution in [1.82, 2.24) is 4.90 Å². The minimum absolute atomic E-state index is 0.0553. The van der Waals surface area contributed by atoms with Crippen LogP contribution in [0.1, 0.15) is 24.6 Å². The third kappa shape index (κ3) is 2.52. The summed E-state index contributed by atoms with van der Waals surface area (Å²) in [7, 11) is 0. The van der Waals surface area contributed by atoms with E-state index in [0.29, 0.717) is 0 Å². The molecule has 5 heteroatoms. The van der Waals surface area contributed by atoms with Crippen LogP contribution in [0, 0.1) is 5.82 Å². The molecule has 2 fully saturated rings. The summed E-state index contributed by atoms with van der Waals surface area (Å²) in [6, 6.07) is 14.5. The molecule has 4 rings (SSSR count). The van der Waals surface area contributed by atoms with E-state index in [1.807, 2.05) is 4.90 Å². The average Bonchev–Trinajstić information content (AvgIpc) is 3.18. The summed E-state index contributed by atoms with van der Waals surface area (Å²) >= 11 is 1.70. The molecule has 1 amide bonds. The molecule has 3 nitrogen and oxygen atoms in total. The van der Waals surface area contributed by atoms with Gasteiger partial charge in [-0.3, -0.25) is 14.6 Å². The second-order valence-electron chi connectivity index (χ2n) is 6.23. The number of hydrogen-bond acceptors (Lipinski definition) is 3. The molecule has 0 N–H and O–H groups in total. The summed E-state index contributed by atoms with van der Waals surface area (Å²) < 4.78 is 13.3. The molecule has 2 aromatic carbocycles. The maximum absolute atomic E-state index is 13.3. The lowest BCUT2D eigenvalue weighted by atomic mass is 10.1. The summed E-state index contributed by atoms with van der Waals surface area (Å²) in [4.78, 5) is 18.3. The first-order chi connectivity index (χ1) is 11.7.